The molecule has 2 heteroatoms. The summed E-state index contributed by atoms with van der Waals surface area (Å²) >= 11 is 0. The van der Waals surface area contributed by atoms with Gasteiger partial charge in [0.1, 0.15) is 5.75 Å². The molecule has 0 saturated heterocycles. The fourth-order valence-electron chi connectivity index (χ4n) is 3.12. The summed E-state index contributed by atoms with van der Waals surface area (Å²) < 4.78 is 6.11. The Morgan fingerprint density at radius 2 is 1.84 bits per heavy atom. The second-order valence-electron chi connectivity index (χ2n) is 6.51. The summed E-state index contributed by atoms with van der Waals surface area (Å²) in [4.78, 5) is 0. The Bertz CT molecular complexity index is 431. The van der Waals surface area contributed by atoms with E-state index in [1.165, 1.54) is 44.1 Å². The largest absolute Gasteiger partial charge is 0.493 e. The molecule has 0 amide bonds. The van der Waals surface area contributed by atoms with Crippen LogP contribution in [0.4, 0.5) is 5.69 Å². The number of hydrogen-bond acceptors (Lipinski definition) is 2. The van der Waals surface area contributed by atoms with Crippen LogP contribution in [0.5, 0.6) is 5.75 Å². The van der Waals surface area contributed by atoms with Gasteiger partial charge in [0.2, 0.25) is 0 Å². The Kier molecular flexibility index (Phi) is 3.67. The van der Waals surface area contributed by atoms with Crippen LogP contribution in [0.1, 0.15) is 56.9 Å². The lowest BCUT2D eigenvalue weighted by atomic mass is 9.83. The summed E-state index contributed by atoms with van der Waals surface area (Å²) in [5, 5.41) is 0. The number of nitrogens with two attached hydrogens (primary N) is 1. The monoisotopic (exact) mass is 259 g/mol. The van der Waals surface area contributed by atoms with Crippen LogP contribution in [-0.4, -0.2) is 6.61 Å². The highest BCUT2D eigenvalue weighted by molar-refractivity contribution is 5.50. The van der Waals surface area contributed by atoms with Gasteiger partial charge >= 0.3 is 0 Å². The standard InChI is InChI=1S/C17H25NO/c1-12-2-4-13(5-3-12)11-19-17-9-8-15(18)10-16(17)14-6-7-14/h8-10,12-14H,2-7,11,18H2,1H3. The van der Waals surface area contributed by atoms with Gasteiger partial charge in [-0.25, -0.2) is 0 Å². The van der Waals surface area contributed by atoms with Crippen molar-refractivity contribution in [2.75, 3.05) is 12.3 Å². The molecule has 0 heterocycles. The van der Waals surface area contributed by atoms with Crippen LogP contribution >= 0.6 is 0 Å². The number of rotatable bonds is 4. The van der Waals surface area contributed by atoms with Crippen molar-refractivity contribution in [1.29, 1.82) is 0 Å². The van der Waals surface area contributed by atoms with Gasteiger partial charge in [0.05, 0.1) is 6.61 Å². The van der Waals surface area contributed by atoms with E-state index in [4.69, 9.17) is 10.5 Å². The first kappa shape index (κ1) is 12.8. The van der Waals surface area contributed by atoms with Crippen LogP contribution in [0.2, 0.25) is 0 Å². The van der Waals surface area contributed by atoms with Crippen molar-refractivity contribution < 1.29 is 4.74 Å². The molecule has 0 spiro atoms. The summed E-state index contributed by atoms with van der Waals surface area (Å²) in [7, 11) is 0. The molecule has 0 aromatic heterocycles. The SMILES string of the molecule is CC1CCC(COc2ccc(N)cc2C2CC2)CC1. The predicted molar refractivity (Wildman–Crippen MR) is 79.4 cm³/mol. The first-order chi connectivity index (χ1) is 9.22. The summed E-state index contributed by atoms with van der Waals surface area (Å²) in [5.41, 5.74) is 8.09. The lowest BCUT2D eigenvalue weighted by Gasteiger charge is -2.26. The summed E-state index contributed by atoms with van der Waals surface area (Å²) in [6.45, 7) is 3.25. The van der Waals surface area contributed by atoms with Crippen molar-refractivity contribution >= 4 is 5.69 Å². The molecule has 0 unspecified atom stereocenters. The van der Waals surface area contributed by atoms with E-state index < -0.39 is 0 Å². The number of ether oxygens (including phenoxy) is 1. The maximum Gasteiger partial charge on any atom is 0.122 e. The summed E-state index contributed by atoms with van der Waals surface area (Å²) in [5.74, 6) is 3.44. The quantitative estimate of drug-likeness (QED) is 0.816. The van der Waals surface area contributed by atoms with Crippen LogP contribution in [0.3, 0.4) is 0 Å². The van der Waals surface area contributed by atoms with E-state index in [-0.39, 0.29) is 0 Å². The first-order valence-corrected chi connectivity index (χ1v) is 7.74. The molecule has 0 radical (unpaired) electrons. The molecule has 3 rings (SSSR count). The summed E-state index contributed by atoms with van der Waals surface area (Å²) in [6.07, 6.45) is 7.97. The smallest absolute Gasteiger partial charge is 0.122 e. The van der Waals surface area contributed by atoms with Crippen molar-refractivity contribution in [3.8, 4) is 5.75 Å². The Morgan fingerprint density at radius 1 is 1.11 bits per heavy atom. The van der Waals surface area contributed by atoms with E-state index in [9.17, 15) is 0 Å². The van der Waals surface area contributed by atoms with Crippen LogP contribution in [0, 0.1) is 11.8 Å². The van der Waals surface area contributed by atoms with E-state index in [0.717, 1.165) is 29.9 Å². The van der Waals surface area contributed by atoms with E-state index in [0.29, 0.717) is 5.92 Å². The van der Waals surface area contributed by atoms with Crippen molar-refractivity contribution in [3.63, 3.8) is 0 Å². The van der Waals surface area contributed by atoms with Gasteiger partial charge in [0.15, 0.2) is 0 Å². The molecule has 1 aromatic rings. The highest BCUT2D eigenvalue weighted by atomic mass is 16.5. The van der Waals surface area contributed by atoms with Crippen molar-refractivity contribution in [1.82, 2.24) is 0 Å². The highest BCUT2D eigenvalue weighted by Crippen LogP contribution is 2.45. The van der Waals surface area contributed by atoms with E-state index in [1.54, 1.807) is 0 Å². The van der Waals surface area contributed by atoms with Crippen LogP contribution < -0.4 is 10.5 Å². The molecule has 2 saturated carbocycles. The fraction of sp³-hybridized carbons (Fsp3) is 0.647. The molecule has 19 heavy (non-hydrogen) atoms. The molecule has 2 aliphatic carbocycles. The number of hydrogen-bond donors (Lipinski definition) is 1. The molecule has 2 aliphatic rings. The highest BCUT2D eigenvalue weighted by Gasteiger charge is 2.27. The van der Waals surface area contributed by atoms with Crippen molar-refractivity contribution in [2.24, 2.45) is 11.8 Å². The minimum atomic E-state index is 0.699. The number of benzene rings is 1. The zero-order valence-electron chi connectivity index (χ0n) is 11.9. The Hall–Kier alpha value is -1.18. The molecule has 0 atom stereocenters. The Labute approximate surface area is 116 Å². The van der Waals surface area contributed by atoms with E-state index in [1.807, 2.05) is 6.07 Å². The maximum absolute atomic E-state index is 6.11. The Balaban J connectivity index is 1.60. The molecule has 1 aromatic carbocycles. The van der Waals surface area contributed by atoms with Crippen molar-refractivity contribution in [3.05, 3.63) is 23.8 Å². The molecule has 0 aliphatic heterocycles. The summed E-state index contributed by atoms with van der Waals surface area (Å²) in [6, 6.07) is 6.13. The molecule has 2 N–H and O–H groups in total. The second kappa shape index (κ2) is 5.44. The molecular formula is C17H25NO. The second-order valence-corrected chi connectivity index (χ2v) is 6.51. The third-order valence-electron chi connectivity index (χ3n) is 4.66. The third kappa shape index (κ3) is 3.23. The first-order valence-electron chi connectivity index (χ1n) is 7.74. The minimum Gasteiger partial charge on any atom is -0.493 e. The minimum absolute atomic E-state index is 0.699. The van der Waals surface area contributed by atoms with Gasteiger partial charge in [-0.2, -0.15) is 0 Å². The number of anilines is 1. The average molecular weight is 259 g/mol. The topological polar surface area (TPSA) is 35.2 Å². The van der Waals surface area contributed by atoms with E-state index >= 15 is 0 Å². The molecule has 0 bridgehead atoms. The van der Waals surface area contributed by atoms with E-state index in [2.05, 4.69) is 19.1 Å². The Morgan fingerprint density at radius 3 is 2.53 bits per heavy atom. The van der Waals surface area contributed by atoms with Crippen LogP contribution in [0.25, 0.3) is 0 Å². The maximum atomic E-state index is 6.11. The molecule has 2 fully saturated rings. The molecular weight excluding hydrogens is 234 g/mol. The predicted octanol–water partition coefficient (Wildman–Crippen LogP) is 4.35. The van der Waals surface area contributed by atoms with Gasteiger partial charge < -0.3 is 10.5 Å². The van der Waals surface area contributed by atoms with Gasteiger partial charge in [0, 0.05) is 5.69 Å². The van der Waals surface area contributed by atoms with Gasteiger partial charge in [-0.3, -0.25) is 0 Å². The van der Waals surface area contributed by atoms with Crippen LogP contribution in [0.15, 0.2) is 18.2 Å². The lowest BCUT2D eigenvalue weighted by molar-refractivity contribution is 0.187. The molecule has 2 nitrogen and oxygen atoms in total. The molecule has 104 valence electrons. The average Bonchev–Trinajstić information content (AvgIpc) is 3.23. The fourth-order valence-corrected chi connectivity index (χ4v) is 3.12. The van der Waals surface area contributed by atoms with Crippen molar-refractivity contribution in [2.45, 2.75) is 51.4 Å². The zero-order chi connectivity index (χ0) is 13.2. The van der Waals surface area contributed by atoms with Gasteiger partial charge in [-0.1, -0.05) is 19.8 Å². The van der Waals surface area contributed by atoms with Gasteiger partial charge in [-0.15, -0.1) is 0 Å². The third-order valence-corrected chi connectivity index (χ3v) is 4.66. The van der Waals surface area contributed by atoms with Gasteiger partial charge in [-0.05, 0) is 67.2 Å². The zero-order valence-corrected chi connectivity index (χ0v) is 11.9. The van der Waals surface area contributed by atoms with Crippen LogP contribution in [-0.2, 0) is 0 Å². The normalized spacial score (nSPS) is 27.2. The van der Waals surface area contributed by atoms with Gasteiger partial charge in [0.25, 0.3) is 0 Å². The number of nitrogen functional groups attached to an aromatic ring is 1. The lowest BCUT2D eigenvalue weighted by Crippen LogP contribution is -2.19.